The zero-order valence-electron chi connectivity index (χ0n) is 14.5. The van der Waals surface area contributed by atoms with Crippen LogP contribution in [0.3, 0.4) is 0 Å². The molecule has 27 heavy (non-hydrogen) atoms. The van der Waals surface area contributed by atoms with Crippen molar-refractivity contribution >= 4 is 23.2 Å². The largest absolute Gasteiger partial charge is 0.416 e. The minimum Gasteiger partial charge on any atom is -0.324 e. The van der Waals surface area contributed by atoms with Crippen LogP contribution in [0.5, 0.6) is 0 Å². The molecule has 0 bridgehead atoms. The van der Waals surface area contributed by atoms with Gasteiger partial charge >= 0.3 is 6.18 Å². The molecule has 2 saturated heterocycles. The summed E-state index contributed by atoms with van der Waals surface area (Å²) in [7, 11) is 0. The number of hydrogen-bond donors (Lipinski definition) is 3. The van der Waals surface area contributed by atoms with Gasteiger partial charge in [-0.3, -0.25) is 20.0 Å². The van der Waals surface area contributed by atoms with Gasteiger partial charge in [-0.25, -0.2) is 5.43 Å². The van der Waals surface area contributed by atoms with Crippen LogP contribution in [0.2, 0.25) is 5.02 Å². The first kappa shape index (κ1) is 18.5. The van der Waals surface area contributed by atoms with Crippen molar-refractivity contribution in [3.05, 3.63) is 40.1 Å². The van der Waals surface area contributed by atoms with E-state index in [2.05, 4.69) is 21.0 Å². The molecular weight excluding hydrogens is 383 g/mol. The number of nitrogens with one attached hydrogen (secondary N) is 3. The predicted molar refractivity (Wildman–Crippen MR) is 94.4 cm³/mol. The number of hydrogen-bond acceptors (Lipinski definition) is 5. The average Bonchev–Trinajstić information content (AvgIpc) is 3.22. The van der Waals surface area contributed by atoms with Crippen LogP contribution in [0.25, 0.3) is 0 Å². The Balaban J connectivity index is 1.59. The Morgan fingerprint density at radius 3 is 2.56 bits per heavy atom. The second-order valence-electron chi connectivity index (χ2n) is 6.85. The molecule has 3 aliphatic heterocycles. The van der Waals surface area contributed by atoms with E-state index in [1.807, 2.05) is 0 Å². The Kier molecular flexibility index (Phi) is 4.58. The third kappa shape index (κ3) is 3.29. The van der Waals surface area contributed by atoms with Gasteiger partial charge in [-0.2, -0.15) is 13.2 Å². The SMILES string of the molecule is CC1=C2C(=O)NC(N3CCCC3)NC2NN1c1ccc(C(F)(F)F)cc1Cl. The van der Waals surface area contributed by atoms with E-state index in [1.165, 1.54) is 6.07 Å². The number of anilines is 1. The molecule has 1 aromatic carbocycles. The monoisotopic (exact) mass is 401 g/mol. The minimum atomic E-state index is -4.47. The van der Waals surface area contributed by atoms with E-state index >= 15 is 0 Å². The van der Waals surface area contributed by atoms with E-state index in [1.54, 1.807) is 11.9 Å². The number of nitrogens with zero attached hydrogens (tertiary/aromatic N) is 2. The van der Waals surface area contributed by atoms with Crippen LogP contribution in [0.1, 0.15) is 25.3 Å². The average molecular weight is 402 g/mol. The van der Waals surface area contributed by atoms with E-state index in [-0.39, 0.29) is 17.2 Å². The molecule has 2 fully saturated rings. The fourth-order valence-corrected chi connectivity index (χ4v) is 4.01. The number of hydrazine groups is 1. The van der Waals surface area contributed by atoms with Crippen LogP contribution in [0.15, 0.2) is 29.5 Å². The summed E-state index contributed by atoms with van der Waals surface area (Å²) in [6.07, 6.45) is -3.02. The third-order valence-corrected chi connectivity index (χ3v) is 5.43. The highest BCUT2D eigenvalue weighted by molar-refractivity contribution is 6.33. The van der Waals surface area contributed by atoms with Gasteiger partial charge in [0, 0.05) is 18.8 Å². The van der Waals surface area contributed by atoms with Crippen LogP contribution in [-0.4, -0.2) is 36.4 Å². The van der Waals surface area contributed by atoms with E-state index < -0.39 is 17.9 Å². The van der Waals surface area contributed by atoms with Crippen molar-refractivity contribution in [1.29, 1.82) is 0 Å². The van der Waals surface area contributed by atoms with Gasteiger partial charge in [-0.15, -0.1) is 0 Å². The Labute approximate surface area is 159 Å². The number of allylic oxidation sites excluding steroid dienone is 1. The molecule has 0 aromatic heterocycles. The van der Waals surface area contributed by atoms with E-state index in [0.717, 1.165) is 38.1 Å². The van der Waals surface area contributed by atoms with Crippen LogP contribution in [0, 0.1) is 0 Å². The smallest absolute Gasteiger partial charge is 0.324 e. The number of rotatable bonds is 2. The molecule has 2 unspecified atom stereocenters. The predicted octanol–water partition coefficient (Wildman–Crippen LogP) is 2.38. The molecule has 146 valence electrons. The second kappa shape index (κ2) is 6.66. The van der Waals surface area contributed by atoms with Crippen molar-refractivity contribution in [2.45, 2.75) is 38.4 Å². The quantitative estimate of drug-likeness (QED) is 0.710. The lowest BCUT2D eigenvalue weighted by Gasteiger charge is -2.36. The van der Waals surface area contributed by atoms with Gasteiger partial charge in [0.05, 0.1) is 21.8 Å². The van der Waals surface area contributed by atoms with Gasteiger partial charge in [-0.05, 0) is 38.0 Å². The standard InChI is InChI=1S/C17H19ClF3N5O/c1-9-13-14(22-16(23-15(13)27)25-6-2-3-7-25)24-26(9)12-5-4-10(8-11(12)18)17(19,20)21/h4-5,8,14,16,22,24H,2-3,6-7H2,1H3,(H,23,27). The zero-order valence-corrected chi connectivity index (χ0v) is 15.3. The second-order valence-corrected chi connectivity index (χ2v) is 7.25. The molecule has 0 saturated carbocycles. The molecule has 3 N–H and O–H groups in total. The zero-order chi connectivity index (χ0) is 19.3. The van der Waals surface area contributed by atoms with Crippen molar-refractivity contribution in [2.24, 2.45) is 0 Å². The summed E-state index contributed by atoms with van der Waals surface area (Å²) in [5.74, 6) is -0.203. The lowest BCUT2D eigenvalue weighted by atomic mass is 10.1. The molecular formula is C17H19ClF3N5O. The van der Waals surface area contributed by atoms with E-state index in [9.17, 15) is 18.0 Å². The number of alkyl halides is 3. The number of likely N-dealkylation sites (tertiary alicyclic amines) is 1. The first-order valence-corrected chi connectivity index (χ1v) is 9.08. The van der Waals surface area contributed by atoms with Gasteiger partial charge in [-0.1, -0.05) is 11.6 Å². The Morgan fingerprint density at radius 2 is 1.93 bits per heavy atom. The van der Waals surface area contributed by atoms with Gasteiger partial charge in [0.15, 0.2) is 0 Å². The van der Waals surface area contributed by atoms with Crippen LogP contribution >= 0.6 is 11.6 Å². The molecule has 6 nitrogen and oxygen atoms in total. The highest BCUT2D eigenvalue weighted by atomic mass is 35.5. The van der Waals surface area contributed by atoms with E-state index in [4.69, 9.17) is 11.6 Å². The van der Waals surface area contributed by atoms with Crippen molar-refractivity contribution in [1.82, 2.24) is 21.0 Å². The molecule has 0 spiro atoms. The highest BCUT2D eigenvalue weighted by Crippen LogP contribution is 2.37. The number of fused-ring (bicyclic) bond motifs is 1. The van der Waals surface area contributed by atoms with Crippen molar-refractivity contribution < 1.29 is 18.0 Å². The summed E-state index contributed by atoms with van der Waals surface area (Å²) < 4.78 is 38.6. The normalized spacial score (nSPS) is 26.6. The number of carbonyl (C=O) groups is 1. The lowest BCUT2D eigenvalue weighted by molar-refractivity contribution is -0.137. The number of amides is 1. The maximum Gasteiger partial charge on any atom is 0.416 e. The van der Waals surface area contributed by atoms with Gasteiger partial charge < -0.3 is 5.32 Å². The number of carbonyl (C=O) groups excluding carboxylic acids is 1. The lowest BCUT2D eigenvalue weighted by Crippen LogP contribution is -2.66. The maximum atomic E-state index is 12.9. The van der Waals surface area contributed by atoms with Crippen LogP contribution < -0.4 is 21.1 Å². The molecule has 10 heteroatoms. The topological polar surface area (TPSA) is 59.6 Å². The molecule has 3 aliphatic rings. The molecule has 0 aliphatic carbocycles. The molecule has 3 heterocycles. The summed E-state index contributed by atoms with van der Waals surface area (Å²) in [5.41, 5.74) is 3.77. The Hall–Kier alpha value is -1.81. The summed E-state index contributed by atoms with van der Waals surface area (Å²) in [5, 5.41) is 7.79. The molecule has 1 amide bonds. The van der Waals surface area contributed by atoms with Crippen molar-refractivity contribution in [2.75, 3.05) is 18.1 Å². The van der Waals surface area contributed by atoms with Crippen molar-refractivity contribution in [3.63, 3.8) is 0 Å². The van der Waals surface area contributed by atoms with E-state index in [0.29, 0.717) is 17.0 Å². The molecule has 1 aromatic rings. The highest BCUT2D eigenvalue weighted by Gasteiger charge is 2.42. The maximum absolute atomic E-state index is 12.9. The van der Waals surface area contributed by atoms with Crippen molar-refractivity contribution in [3.8, 4) is 0 Å². The molecule has 2 atom stereocenters. The summed E-state index contributed by atoms with van der Waals surface area (Å²) >= 11 is 6.11. The summed E-state index contributed by atoms with van der Waals surface area (Å²) in [6, 6.07) is 3.16. The summed E-state index contributed by atoms with van der Waals surface area (Å²) in [4.78, 5) is 14.8. The first-order chi connectivity index (χ1) is 12.8. The van der Waals surface area contributed by atoms with Crippen LogP contribution in [0.4, 0.5) is 18.9 Å². The van der Waals surface area contributed by atoms with Gasteiger partial charge in [0.1, 0.15) is 12.5 Å². The fourth-order valence-electron chi connectivity index (χ4n) is 3.75. The third-order valence-electron chi connectivity index (χ3n) is 5.13. The Bertz CT molecular complexity index is 806. The number of benzene rings is 1. The Morgan fingerprint density at radius 1 is 1.22 bits per heavy atom. The molecule has 0 radical (unpaired) electrons. The minimum absolute atomic E-state index is 0.0487. The van der Waals surface area contributed by atoms with Crippen LogP contribution in [-0.2, 0) is 11.0 Å². The fraction of sp³-hybridized carbons (Fsp3) is 0.471. The first-order valence-electron chi connectivity index (χ1n) is 8.70. The molecule has 4 rings (SSSR count). The van der Waals surface area contributed by atoms with Gasteiger partial charge in [0.2, 0.25) is 0 Å². The van der Waals surface area contributed by atoms with Gasteiger partial charge in [0.25, 0.3) is 5.91 Å². The number of halogens is 4. The summed E-state index contributed by atoms with van der Waals surface area (Å²) in [6.45, 7) is 3.53.